The molecule has 2 aromatic rings. The van der Waals surface area contributed by atoms with E-state index in [1.807, 2.05) is 44.2 Å². The lowest BCUT2D eigenvalue weighted by atomic mass is 10.2. The second kappa shape index (κ2) is 7.04. The standard InChI is InChI=1S/C16H21N3O2/c1-3-9-18-13(16(17)20)10-21-14-6-4-5-12-8-7-11(2)19-15(12)14/h4-8,13,18H,3,9-10H2,1-2H3,(H2,17,20). The molecule has 0 fully saturated rings. The zero-order chi connectivity index (χ0) is 15.2. The zero-order valence-corrected chi connectivity index (χ0v) is 12.4. The summed E-state index contributed by atoms with van der Waals surface area (Å²) in [5.74, 6) is 0.258. The third-order valence-corrected chi connectivity index (χ3v) is 3.21. The van der Waals surface area contributed by atoms with E-state index in [0.717, 1.165) is 29.6 Å². The minimum Gasteiger partial charge on any atom is -0.489 e. The molecule has 0 aliphatic carbocycles. The number of nitrogens with one attached hydrogen (secondary N) is 1. The average molecular weight is 287 g/mol. The molecular formula is C16H21N3O2. The van der Waals surface area contributed by atoms with Crippen LogP contribution in [0.2, 0.25) is 0 Å². The van der Waals surface area contributed by atoms with Crippen LogP contribution in [-0.2, 0) is 4.79 Å². The molecule has 1 unspecified atom stereocenters. The molecule has 0 saturated heterocycles. The summed E-state index contributed by atoms with van der Waals surface area (Å²) in [5.41, 5.74) is 7.11. The molecule has 5 heteroatoms. The van der Waals surface area contributed by atoms with E-state index in [9.17, 15) is 4.79 Å². The highest BCUT2D eigenvalue weighted by Gasteiger charge is 2.15. The van der Waals surface area contributed by atoms with Gasteiger partial charge in [0.1, 0.15) is 23.9 Å². The van der Waals surface area contributed by atoms with E-state index >= 15 is 0 Å². The topological polar surface area (TPSA) is 77.2 Å². The van der Waals surface area contributed by atoms with Crippen LogP contribution < -0.4 is 15.8 Å². The van der Waals surface area contributed by atoms with Gasteiger partial charge in [-0.15, -0.1) is 0 Å². The zero-order valence-electron chi connectivity index (χ0n) is 12.4. The Balaban J connectivity index is 2.15. The number of ether oxygens (including phenoxy) is 1. The molecule has 112 valence electrons. The molecule has 1 amide bonds. The lowest BCUT2D eigenvalue weighted by molar-refractivity contribution is -0.120. The smallest absolute Gasteiger partial charge is 0.238 e. The average Bonchev–Trinajstić information content (AvgIpc) is 2.47. The number of nitrogens with zero attached hydrogens (tertiary/aromatic N) is 1. The van der Waals surface area contributed by atoms with Crippen LogP contribution in [0.4, 0.5) is 0 Å². The van der Waals surface area contributed by atoms with E-state index in [1.165, 1.54) is 0 Å². The molecule has 2 rings (SSSR count). The highest BCUT2D eigenvalue weighted by Crippen LogP contribution is 2.23. The number of rotatable bonds is 7. The van der Waals surface area contributed by atoms with Gasteiger partial charge in [-0.1, -0.05) is 25.1 Å². The van der Waals surface area contributed by atoms with Gasteiger partial charge in [0.15, 0.2) is 0 Å². The number of hydrogen-bond donors (Lipinski definition) is 2. The number of carbonyl (C=O) groups excluding carboxylic acids is 1. The Morgan fingerprint density at radius 3 is 2.90 bits per heavy atom. The van der Waals surface area contributed by atoms with Crippen LogP contribution in [0, 0.1) is 6.92 Å². The third kappa shape index (κ3) is 3.92. The predicted octanol–water partition coefficient (Wildman–Crippen LogP) is 1.78. The van der Waals surface area contributed by atoms with Crippen molar-refractivity contribution in [1.82, 2.24) is 10.3 Å². The molecule has 0 aliphatic heterocycles. The summed E-state index contributed by atoms with van der Waals surface area (Å²) >= 11 is 0. The van der Waals surface area contributed by atoms with Crippen molar-refractivity contribution in [2.24, 2.45) is 5.73 Å². The van der Waals surface area contributed by atoms with Crippen molar-refractivity contribution in [1.29, 1.82) is 0 Å². The molecule has 1 aromatic carbocycles. The number of benzene rings is 1. The summed E-state index contributed by atoms with van der Waals surface area (Å²) in [4.78, 5) is 15.9. The van der Waals surface area contributed by atoms with E-state index in [1.54, 1.807) is 0 Å². The monoisotopic (exact) mass is 287 g/mol. The molecular weight excluding hydrogens is 266 g/mol. The fraction of sp³-hybridized carbons (Fsp3) is 0.375. The number of aromatic nitrogens is 1. The molecule has 1 heterocycles. The largest absolute Gasteiger partial charge is 0.489 e. The number of amides is 1. The van der Waals surface area contributed by atoms with Crippen molar-refractivity contribution < 1.29 is 9.53 Å². The van der Waals surface area contributed by atoms with Crippen LogP contribution in [0.1, 0.15) is 19.0 Å². The molecule has 1 atom stereocenters. The Labute approximate surface area is 124 Å². The fourth-order valence-corrected chi connectivity index (χ4v) is 2.07. The maximum Gasteiger partial charge on any atom is 0.238 e. The summed E-state index contributed by atoms with van der Waals surface area (Å²) in [6.07, 6.45) is 0.929. The van der Waals surface area contributed by atoms with E-state index < -0.39 is 11.9 Å². The van der Waals surface area contributed by atoms with Crippen molar-refractivity contribution in [2.45, 2.75) is 26.3 Å². The van der Waals surface area contributed by atoms with Crippen molar-refractivity contribution >= 4 is 16.8 Å². The van der Waals surface area contributed by atoms with Crippen LogP contribution in [-0.4, -0.2) is 30.1 Å². The van der Waals surface area contributed by atoms with E-state index in [2.05, 4.69) is 10.3 Å². The number of carbonyl (C=O) groups is 1. The van der Waals surface area contributed by atoms with Gasteiger partial charge >= 0.3 is 0 Å². The molecule has 21 heavy (non-hydrogen) atoms. The first-order valence-electron chi connectivity index (χ1n) is 7.13. The maximum atomic E-state index is 11.4. The Morgan fingerprint density at radius 2 is 2.19 bits per heavy atom. The van der Waals surface area contributed by atoms with Crippen LogP contribution in [0.15, 0.2) is 30.3 Å². The lowest BCUT2D eigenvalue weighted by Crippen LogP contribution is -2.45. The molecule has 3 N–H and O–H groups in total. The number of hydrogen-bond acceptors (Lipinski definition) is 4. The van der Waals surface area contributed by atoms with Gasteiger partial charge in [0.25, 0.3) is 0 Å². The predicted molar refractivity (Wildman–Crippen MR) is 83.3 cm³/mol. The molecule has 5 nitrogen and oxygen atoms in total. The van der Waals surface area contributed by atoms with Gasteiger partial charge in [-0.05, 0) is 32.0 Å². The van der Waals surface area contributed by atoms with Gasteiger partial charge in [-0.3, -0.25) is 4.79 Å². The third-order valence-electron chi connectivity index (χ3n) is 3.21. The number of nitrogens with two attached hydrogens (primary N) is 1. The molecule has 0 saturated carbocycles. The van der Waals surface area contributed by atoms with Crippen molar-refractivity contribution in [3.05, 3.63) is 36.0 Å². The lowest BCUT2D eigenvalue weighted by Gasteiger charge is -2.16. The minimum absolute atomic E-state index is 0.198. The second-order valence-electron chi connectivity index (χ2n) is 5.00. The Bertz CT molecular complexity index is 628. The SMILES string of the molecule is CCCNC(COc1cccc2ccc(C)nc12)C(N)=O. The van der Waals surface area contributed by atoms with Gasteiger partial charge < -0.3 is 15.8 Å². The molecule has 0 bridgehead atoms. The summed E-state index contributed by atoms with van der Waals surface area (Å²) in [6, 6.07) is 9.22. The quantitative estimate of drug-likeness (QED) is 0.813. The van der Waals surface area contributed by atoms with E-state index in [4.69, 9.17) is 10.5 Å². The molecule has 0 spiro atoms. The Kier molecular flexibility index (Phi) is 5.11. The first-order valence-corrected chi connectivity index (χ1v) is 7.13. The van der Waals surface area contributed by atoms with Crippen LogP contribution in [0.25, 0.3) is 10.9 Å². The van der Waals surface area contributed by atoms with Crippen molar-refractivity contribution in [2.75, 3.05) is 13.2 Å². The highest BCUT2D eigenvalue weighted by molar-refractivity contribution is 5.84. The summed E-state index contributed by atoms with van der Waals surface area (Å²) < 4.78 is 5.77. The number of aryl methyl sites for hydroxylation is 1. The first kappa shape index (κ1) is 15.3. The summed E-state index contributed by atoms with van der Waals surface area (Å²) in [5, 5.41) is 4.09. The van der Waals surface area contributed by atoms with Gasteiger partial charge in [0.05, 0.1) is 0 Å². The first-order chi connectivity index (χ1) is 10.1. The van der Waals surface area contributed by atoms with Crippen LogP contribution in [0.5, 0.6) is 5.75 Å². The van der Waals surface area contributed by atoms with Crippen LogP contribution in [0.3, 0.4) is 0 Å². The number of pyridine rings is 1. The van der Waals surface area contributed by atoms with Crippen molar-refractivity contribution in [3.8, 4) is 5.75 Å². The normalized spacial score (nSPS) is 12.3. The molecule has 0 radical (unpaired) electrons. The Morgan fingerprint density at radius 1 is 1.38 bits per heavy atom. The Hall–Kier alpha value is -2.14. The molecule has 1 aromatic heterocycles. The molecule has 0 aliphatic rings. The minimum atomic E-state index is -0.495. The van der Waals surface area contributed by atoms with Gasteiger partial charge in [-0.2, -0.15) is 0 Å². The fourth-order valence-electron chi connectivity index (χ4n) is 2.07. The van der Waals surface area contributed by atoms with E-state index in [-0.39, 0.29) is 6.61 Å². The van der Waals surface area contributed by atoms with Crippen LogP contribution >= 0.6 is 0 Å². The van der Waals surface area contributed by atoms with Gasteiger partial charge in [0.2, 0.25) is 5.91 Å². The number of primary amides is 1. The van der Waals surface area contributed by atoms with Gasteiger partial charge in [-0.25, -0.2) is 4.98 Å². The van der Waals surface area contributed by atoms with Gasteiger partial charge in [0, 0.05) is 11.1 Å². The van der Waals surface area contributed by atoms with E-state index in [0.29, 0.717) is 5.75 Å². The number of fused-ring (bicyclic) bond motifs is 1. The second-order valence-corrected chi connectivity index (χ2v) is 5.00. The summed E-state index contributed by atoms with van der Waals surface area (Å²) in [7, 11) is 0. The summed E-state index contributed by atoms with van der Waals surface area (Å²) in [6.45, 7) is 4.89. The highest BCUT2D eigenvalue weighted by atomic mass is 16.5. The maximum absolute atomic E-state index is 11.4. The van der Waals surface area contributed by atoms with Crippen molar-refractivity contribution in [3.63, 3.8) is 0 Å². The number of para-hydroxylation sites is 1.